The van der Waals surface area contributed by atoms with Crippen LogP contribution in [0, 0.1) is 0 Å². The van der Waals surface area contributed by atoms with Gasteiger partial charge in [-0.05, 0) is 31.7 Å². The maximum atomic E-state index is 10.1. The van der Waals surface area contributed by atoms with Crippen LogP contribution >= 0.6 is 0 Å². The number of rotatable bonds is 6. The molecule has 1 aromatic rings. The van der Waals surface area contributed by atoms with Crippen LogP contribution in [0.1, 0.15) is 70.5 Å². The van der Waals surface area contributed by atoms with Crippen LogP contribution in [0.15, 0.2) is 12.3 Å². The Morgan fingerprint density at radius 3 is 2.80 bits per heavy atom. The molecule has 0 radical (unpaired) electrons. The SMILES string of the molecule is CCC(CC)n1ccc(CNC2CCCCCC2O)n1. The predicted octanol–water partition coefficient (Wildman–Crippen LogP) is 3.03. The van der Waals surface area contributed by atoms with Gasteiger partial charge >= 0.3 is 0 Å². The number of nitrogens with zero attached hydrogens (tertiary/aromatic N) is 2. The number of nitrogens with one attached hydrogen (secondary N) is 1. The Morgan fingerprint density at radius 1 is 1.30 bits per heavy atom. The molecule has 1 fully saturated rings. The summed E-state index contributed by atoms with van der Waals surface area (Å²) in [5.74, 6) is 0. The minimum absolute atomic E-state index is 0.196. The van der Waals surface area contributed by atoms with Crippen molar-refractivity contribution in [2.75, 3.05) is 0 Å². The average molecular weight is 279 g/mol. The minimum atomic E-state index is -0.196. The molecule has 1 heterocycles. The van der Waals surface area contributed by atoms with Gasteiger partial charge in [0, 0.05) is 18.8 Å². The van der Waals surface area contributed by atoms with E-state index in [2.05, 4.69) is 41.2 Å². The van der Waals surface area contributed by atoms with E-state index in [-0.39, 0.29) is 12.1 Å². The highest BCUT2D eigenvalue weighted by atomic mass is 16.3. The molecule has 0 saturated heterocycles. The van der Waals surface area contributed by atoms with Gasteiger partial charge in [0.2, 0.25) is 0 Å². The number of hydrogen-bond acceptors (Lipinski definition) is 3. The van der Waals surface area contributed by atoms with Gasteiger partial charge in [0.15, 0.2) is 0 Å². The summed E-state index contributed by atoms with van der Waals surface area (Å²) in [6.07, 6.45) is 9.75. The van der Waals surface area contributed by atoms with Crippen LogP contribution in [0.2, 0.25) is 0 Å². The van der Waals surface area contributed by atoms with Crippen molar-refractivity contribution in [2.45, 2.75) is 83.5 Å². The van der Waals surface area contributed by atoms with Crippen LogP contribution in [0.3, 0.4) is 0 Å². The van der Waals surface area contributed by atoms with E-state index in [1.54, 1.807) is 0 Å². The molecule has 1 saturated carbocycles. The number of aliphatic hydroxyl groups is 1. The van der Waals surface area contributed by atoms with Crippen molar-refractivity contribution in [1.29, 1.82) is 0 Å². The largest absolute Gasteiger partial charge is 0.392 e. The molecule has 2 N–H and O–H groups in total. The van der Waals surface area contributed by atoms with Gasteiger partial charge in [0.05, 0.1) is 17.8 Å². The molecule has 114 valence electrons. The van der Waals surface area contributed by atoms with Crippen molar-refractivity contribution in [3.8, 4) is 0 Å². The lowest BCUT2D eigenvalue weighted by Gasteiger charge is -2.21. The summed E-state index contributed by atoms with van der Waals surface area (Å²) in [4.78, 5) is 0. The Labute approximate surface area is 122 Å². The van der Waals surface area contributed by atoms with E-state index in [0.29, 0.717) is 6.04 Å². The normalized spacial score (nSPS) is 24.0. The van der Waals surface area contributed by atoms with Gasteiger partial charge < -0.3 is 10.4 Å². The average Bonchev–Trinajstić information content (AvgIpc) is 2.82. The molecule has 1 aromatic heterocycles. The quantitative estimate of drug-likeness (QED) is 0.787. The maximum Gasteiger partial charge on any atom is 0.0762 e. The Kier molecular flexibility index (Phi) is 6.05. The number of aromatic nitrogens is 2. The highest BCUT2D eigenvalue weighted by Gasteiger charge is 2.21. The fourth-order valence-corrected chi connectivity index (χ4v) is 3.10. The van der Waals surface area contributed by atoms with Crippen molar-refractivity contribution in [1.82, 2.24) is 15.1 Å². The van der Waals surface area contributed by atoms with Gasteiger partial charge in [-0.2, -0.15) is 5.10 Å². The van der Waals surface area contributed by atoms with Gasteiger partial charge in [-0.3, -0.25) is 4.68 Å². The first-order chi connectivity index (χ1) is 9.74. The van der Waals surface area contributed by atoms with Gasteiger partial charge in [-0.15, -0.1) is 0 Å². The van der Waals surface area contributed by atoms with Crippen molar-refractivity contribution in [2.24, 2.45) is 0 Å². The zero-order valence-corrected chi connectivity index (χ0v) is 12.9. The molecule has 1 aliphatic carbocycles. The second kappa shape index (κ2) is 7.79. The molecular formula is C16H29N3O. The lowest BCUT2D eigenvalue weighted by molar-refractivity contribution is 0.119. The van der Waals surface area contributed by atoms with Crippen molar-refractivity contribution >= 4 is 0 Å². The van der Waals surface area contributed by atoms with Crippen LogP contribution < -0.4 is 5.32 Å². The lowest BCUT2D eigenvalue weighted by Crippen LogP contribution is -2.38. The van der Waals surface area contributed by atoms with Crippen molar-refractivity contribution < 1.29 is 5.11 Å². The Hall–Kier alpha value is -0.870. The first-order valence-electron chi connectivity index (χ1n) is 8.20. The van der Waals surface area contributed by atoms with Crippen LogP contribution in [0.25, 0.3) is 0 Å². The molecule has 2 unspecified atom stereocenters. The Morgan fingerprint density at radius 2 is 2.05 bits per heavy atom. The smallest absolute Gasteiger partial charge is 0.0762 e. The van der Waals surface area contributed by atoms with Gasteiger partial charge in [-0.1, -0.05) is 33.1 Å². The molecule has 1 aliphatic rings. The molecule has 0 amide bonds. The zero-order valence-electron chi connectivity index (χ0n) is 12.9. The molecule has 0 spiro atoms. The monoisotopic (exact) mass is 279 g/mol. The third kappa shape index (κ3) is 4.06. The summed E-state index contributed by atoms with van der Waals surface area (Å²) in [5, 5.41) is 18.3. The number of hydrogen-bond donors (Lipinski definition) is 2. The van der Waals surface area contributed by atoms with E-state index < -0.39 is 0 Å². The lowest BCUT2D eigenvalue weighted by atomic mass is 10.1. The zero-order chi connectivity index (χ0) is 14.4. The minimum Gasteiger partial charge on any atom is -0.392 e. The second-order valence-electron chi connectivity index (χ2n) is 5.95. The molecule has 0 bridgehead atoms. The van der Waals surface area contributed by atoms with E-state index in [9.17, 15) is 5.11 Å². The first kappa shape index (κ1) is 15.5. The van der Waals surface area contributed by atoms with Crippen molar-refractivity contribution in [3.05, 3.63) is 18.0 Å². The van der Waals surface area contributed by atoms with Crippen LogP contribution in [0.4, 0.5) is 0 Å². The van der Waals surface area contributed by atoms with Gasteiger partial charge in [0.1, 0.15) is 0 Å². The van der Waals surface area contributed by atoms with E-state index in [1.807, 2.05) is 0 Å². The molecular weight excluding hydrogens is 250 g/mol. The first-order valence-corrected chi connectivity index (χ1v) is 8.20. The van der Waals surface area contributed by atoms with E-state index in [0.717, 1.165) is 44.3 Å². The molecule has 2 atom stereocenters. The van der Waals surface area contributed by atoms with Crippen molar-refractivity contribution in [3.63, 3.8) is 0 Å². The fourth-order valence-electron chi connectivity index (χ4n) is 3.10. The Balaban J connectivity index is 1.87. The summed E-state index contributed by atoms with van der Waals surface area (Å²) in [7, 11) is 0. The Bertz CT molecular complexity index is 387. The van der Waals surface area contributed by atoms with E-state index in [4.69, 9.17) is 0 Å². The molecule has 20 heavy (non-hydrogen) atoms. The van der Waals surface area contributed by atoms with Crippen LogP contribution in [-0.2, 0) is 6.54 Å². The summed E-state index contributed by atoms with van der Waals surface area (Å²) in [6, 6.07) is 2.83. The second-order valence-corrected chi connectivity index (χ2v) is 5.95. The van der Waals surface area contributed by atoms with E-state index in [1.165, 1.54) is 12.8 Å². The molecule has 0 aliphatic heterocycles. The third-order valence-corrected chi connectivity index (χ3v) is 4.51. The predicted molar refractivity (Wildman–Crippen MR) is 81.6 cm³/mol. The summed E-state index contributed by atoms with van der Waals surface area (Å²) >= 11 is 0. The number of aliphatic hydroxyl groups excluding tert-OH is 1. The summed E-state index contributed by atoms with van der Waals surface area (Å²) in [5.41, 5.74) is 1.08. The molecule has 0 aromatic carbocycles. The topological polar surface area (TPSA) is 50.1 Å². The molecule has 4 heteroatoms. The highest BCUT2D eigenvalue weighted by molar-refractivity contribution is 5.00. The van der Waals surface area contributed by atoms with Gasteiger partial charge in [-0.25, -0.2) is 0 Å². The third-order valence-electron chi connectivity index (χ3n) is 4.51. The highest BCUT2D eigenvalue weighted by Crippen LogP contribution is 2.19. The summed E-state index contributed by atoms with van der Waals surface area (Å²) < 4.78 is 2.08. The summed E-state index contributed by atoms with van der Waals surface area (Å²) in [6.45, 7) is 5.17. The van der Waals surface area contributed by atoms with Gasteiger partial charge in [0.25, 0.3) is 0 Å². The van der Waals surface area contributed by atoms with Crippen LogP contribution in [0.5, 0.6) is 0 Å². The fraction of sp³-hybridized carbons (Fsp3) is 0.812. The standard InChI is InChI=1S/C16H29N3O/c1-3-14(4-2)19-11-10-13(18-19)12-17-15-8-6-5-7-9-16(15)20/h10-11,14-17,20H,3-9,12H2,1-2H3. The maximum absolute atomic E-state index is 10.1. The van der Waals surface area contributed by atoms with Crippen LogP contribution in [-0.4, -0.2) is 27.0 Å². The molecule has 4 nitrogen and oxygen atoms in total. The molecule has 2 rings (SSSR count). The van der Waals surface area contributed by atoms with E-state index >= 15 is 0 Å².